The molecule has 0 aromatic heterocycles. The minimum Gasteiger partial charge on any atom is -0.393 e. The minimum atomic E-state index is -0.567. The van der Waals surface area contributed by atoms with Crippen molar-refractivity contribution < 1.29 is 10.2 Å². The summed E-state index contributed by atoms with van der Waals surface area (Å²) < 4.78 is 0. The van der Waals surface area contributed by atoms with Crippen molar-refractivity contribution in [2.75, 3.05) is 0 Å². The van der Waals surface area contributed by atoms with Gasteiger partial charge in [0.2, 0.25) is 0 Å². The number of allylic oxidation sites excluding steroid dienone is 2. The summed E-state index contributed by atoms with van der Waals surface area (Å²) in [5, 5.41) is 21.0. The van der Waals surface area contributed by atoms with E-state index in [2.05, 4.69) is 40.7 Å². The van der Waals surface area contributed by atoms with E-state index in [0.29, 0.717) is 27.6 Å². The molecule has 5 fully saturated rings. The summed E-state index contributed by atoms with van der Waals surface area (Å²) in [7, 11) is 0. The zero-order valence-electron chi connectivity index (χ0n) is 22.1. The van der Waals surface area contributed by atoms with Gasteiger partial charge in [-0.1, -0.05) is 39.3 Å². The third-order valence-electron chi connectivity index (χ3n) is 12.9. The number of fused-ring (bicyclic) bond motifs is 2. The first-order valence-corrected chi connectivity index (χ1v) is 13.8. The van der Waals surface area contributed by atoms with Crippen molar-refractivity contribution in [1.29, 1.82) is 0 Å². The lowest BCUT2D eigenvalue weighted by Gasteiger charge is -2.63. The highest BCUT2D eigenvalue weighted by atomic mass is 16.3. The van der Waals surface area contributed by atoms with E-state index < -0.39 is 5.60 Å². The molecule has 182 valence electrons. The lowest BCUT2D eigenvalue weighted by molar-refractivity contribution is -0.157. The molecule has 0 aromatic carbocycles. The molecule has 0 aliphatic heterocycles. The Hall–Kier alpha value is -0.340. The van der Waals surface area contributed by atoms with Gasteiger partial charge in [-0.3, -0.25) is 0 Å². The van der Waals surface area contributed by atoms with E-state index in [9.17, 15) is 10.2 Å². The van der Waals surface area contributed by atoms with Crippen LogP contribution in [0.1, 0.15) is 119 Å². The summed E-state index contributed by atoms with van der Waals surface area (Å²) in [6.45, 7) is 16.3. The molecule has 0 saturated heterocycles. The Morgan fingerprint density at radius 1 is 0.875 bits per heavy atom. The Morgan fingerprint density at radius 3 is 2.22 bits per heavy atom. The smallest absolute Gasteiger partial charge is 0.0594 e. The quantitative estimate of drug-likeness (QED) is 0.449. The second kappa shape index (κ2) is 6.87. The molecule has 2 heteroatoms. The van der Waals surface area contributed by atoms with E-state index in [1.54, 1.807) is 5.57 Å². The third kappa shape index (κ3) is 2.84. The number of aliphatic hydroxyl groups excluding tert-OH is 1. The summed E-state index contributed by atoms with van der Waals surface area (Å²) in [5.41, 5.74) is 3.11. The molecule has 0 aromatic rings. The molecule has 0 amide bonds. The summed E-state index contributed by atoms with van der Waals surface area (Å²) >= 11 is 0. The molecular formula is C30H50O2. The highest BCUT2D eigenvalue weighted by molar-refractivity contribution is 5.32. The van der Waals surface area contributed by atoms with Gasteiger partial charge in [0.15, 0.2) is 0 Å². The van der Waals surface area contributed by atoms with Gasteiger partial charge < -0.3 is 10.2 Å². The van der Waals surface area contributed by atoms with Crippen LogP contribution in [0.2, 0.25) is 0 Å². The van der Waals surface area contributed by atoms with Crippen LogP contribution in [0, 0.1) is 44.8 Å². The van der Waals surface area contributed by atoms with Crippen LogP contribution in [-0.2, 0) is 0 Å². The van der Waals surface area contributed by atoms with Crippen molar-refractivity contribution in [2.45, 2.75) is 131 Å². The molecule has 8 atom stereocenters. The Bertz CT molecular complexity index is 804. The average molecular weight is 443 g/mol. The fourth-order valence-corrected chi connectivity index (χ4v) is 10.9. The van der Waals surface area contributed by atoms with Crippen LogP contribution in [-0.4, -0.2) is 21.9 Å². The van der Waals surface area contributed by atoms with Gasteiger partial charge >= 0.3 is 0 Å². The standard InChI is InChI=1S/C30H50O2/c1-20(9-8-14-25(2,3)32)21-12-15-28(7)23-11-10-22-26(4,5)24(31)13-16-29(22)19-30(23,29)18-17-27(21,28)6/h9,21-24,31-32H,8,10-19H2,1-7H3/t21-,22+,23-,24+,27-,28+,29-,30+/m1/s1. The Labute approximate surface area is 197 Å². The topological polar surface area (TPSA) is 40.5 Å². The molecule has 5 rings (SSSR count). The van der Waals surface area contributed by atoms with Gasteiger partial charge in [0.05, 0.1) is 11.7 Å². The molecular weight excluding hydrogens is 392 g/mol. The highest BCUT2D eigenvalue weighted by Crippen LogP contribution is 2.89. The van der Waals surface area contributed by atoms with Crippen molar-refractivity contribution in [2.24, 2.45) is 44.8 Å². The Morgan fingerprint density at radius 2 is 1.53 bits per heavy atom. The van der Waals surface area contributed by atoms with Crippen LogP contribution in [0.4, 0.5) is 0 Å². The van der Waals surface area contributed by atoms with Gasteiger partial charge in [-0.15, -0.1) is 0 Å². The first kappa shape index (κ1) is 23.4. The van der Waals surface area contributed by atoms with Crippen LogP contribution >= 0.6 is 0 Å². The van der Waals surface area contributed by atoms with Gasteiger partial charge in [0.25, 0.3) is 0 Å². The van der Waals surface area contributed by atoms with E-state index in [4.69, 9.17) is 0 Å². The normalized spacial score (nSPS) is 52.0. The maximum absolute atomic E-state index is 10.8. The highest BCUT2D eigenvalue weighted by Gasteiger charge is 2.82. The SMILES string of the molecule is CC(=CCCC(C)(C)O)[C@H]1CC[C@@]2(C)[C@H]3CC[C@H]4C(C)(C)[C@@H](O)CC[C@@]45C[C@@]35CC[C@]12C. The van der Waals surface area contributed by atoms with Crippen LogP contribution < -0.4 is 0 Å². The molecule has 0 heterocycles. The number of hydrogen-bond acceptors (Lipinski definition) is 2. The van der Waals surface area contributed by atoms with E-state index in [0.717, 1.165) is 31.1 Å². The molecule has 0 unspecified atom stereocenters. The zero-order chi connectivity index (χ0) is 23.4. The van der Waals surface area contributed by atoms with Crippen LogP contribution in [0.3, 0.4) is 0 Å². The van der Waals surface area contributed by atoms with Gasteiger partial charge in [-0.25, -0.2) is 0 Å². The number of hydrogen-bond donors (Lipinski definition) is 2. The summed E-state index contributed by atoms with van der Waals surface area (Å²) in [4.78, 5) is 0. The Kier molecular flexibility index (Phi) is 5.02. The van der Waals surface area contributed by atoms with E-state index in [1.807, 2.05) is 13.8 Å². The lowest BCUT2D eigenvalue weighted by Crippen LogP contribution is -2.57. The van der Waals surface area contributed by atoms with Crippen LogP contribution in [0.5, 0.6) is 0 Å². The predicted octanol–water partition coefficient (Wildman–Crippen LogP) is 7.28. The van der Waals surface area contributed by atoms with Gasteiger partial charge in [-0.05, 0) is 136 Å². The van der Waals surface area contributed by atoms with Crippen molar-refractivity contribution in [3.05, 3.63) is 11.6 Å². The van der Waals surface area contributed by atoms with Crippen molar-refractivity contribution >= 4 is 0 Å². The van der Waals surface area contributed by atoms with E-state index in [1.165, 1.54) is 51.4 Å². The molecule has 0 bridgehead atoms. The Balaban J connectivity index is 1.41. The van der Waals surface area contributed by atoms with E-state index >= 15 is 0 Å². The third-order valence-corrected chi connectivity index (χ3v) is 12.9. The second-order valence-corrected chi connectivity index (χ2v) is 14.8. The van der Waals surface area contributed by atoms with Crippen LogP contribution in [0.15, 0.2) is 11.6 Å². The van der Waals surface area contributed by atoms with Gasteiger partial charge in [-0.2, -0.15) is 0 Å². The van der Waals surface area contributed by atoms with Crippen molar-refractivity contribution in [3.8, 4) is 0 Å². The first-order chi connectivity index (χ1) is 14.7. The fourth-order valence-electron chi connectivity index (χ4n) is 10.9. The minimum absolute atomic E-state index is 0.0897. The zero-order valence-corrected chi connectivity index (χ0v) is 22.1. The molecule has 2 nitrogen and oxygen atoms in total. The number of aliphatic hydroxyl groups is 2. The molecule has 0 radical (unpaired) electrons. The maximum Gasteiger partial charge on any atom is 0.0594 e. The lowest BCUT2D eigenvalue weighted by atomic mass is 9.42. The van der Waals surface area contributed by atoms with Crippen LogP contribution in [0.25, 0.3) is 0 Å². The fraction of sp³-hybridized carbons (Fsp3) is 0.933. The largest absolute Gasteiger partial charge is 0.393 e. The summed E-state index contributed by atoms with van der Waals surface area (Å²) in [5.74, 6) is 2.32. The molecule has 5 aliphatic rings. The molecule has 2 spiro atoms. The monoisotopic (exact) mass is 442 g/mol. The molecule has 5 saturated carbocycles. The second-order valence-electron chi connectivity index (χ2n) is 14.8. The molecule has 2 N–H and O–H groups in total. The summed E-state index contributed by atoms with van der Waals surface area (Å²) in [6.07, 6.45) is 16.3. The predicted molar refractivity (Wildman–Crippen MR) is 132 cm³/mol. The maximum atomic E-state index is 10.8. The molecule has 32 heavy (non-hydrogen) atoms. The number of rotatable bonds is 4. The van der Waals surface area contributed by atoms with Gasteiger partial charge in [0.1, 0.15) is 0 Å². The van der Waals surface area contributed by atoms with Crippen molar-refractivity contribution in [3.63, 3.8) is 0 Å². The molecule has 5 aliphatic carbocycles. The first-order valence-electron chi connectivity index (χ1n) is 13.8. The van der Waals surface area contributed by atoms with E-state index in [-0.39, 0.29) is 11.5 Å². The summed E-state index contributed by atoms with van der Waals surface area (Å²) in [6, 6.07) is 0. The average Bonchev–Trinajstić information content (AvgIpc) is 3.27. The van der Waals surface area contributed by atoms with Gasteiger partial charge in [0, 0.05) is 0 Å². The van der Waals surface area contributed by atoms with Crippen molar-refractivity contribution in [1.82, 2.24) is 0 Å².